The van der Waals surface area contributed by atoms with E-state index in [1.54, 1.807) is 5.56 Å². The van der Waals surface area contributed by atoms with Gasteiger partial charge in [-0.1, -0.05) is 33.1 Å². The van der Waals surface area contributed by atoms with Crippen molar-refractivity contribution in [3.63, 3.8) is 0 Å². The third-order valence-corrected chi connectivity index (χ3v) is 18.0. The monoisotopic (exact) mass is 584 g/mol. The van der Waals surface area contributed by atoms with Gasteiger partial charge in [0.15, 0.2) is 0 Å². The maximum absolute atomic E-state index is 2.62. The van der Waals surface area contributed by atoms with Gasteiger partial charge < -0.3 is 0 Å². The second-order valence-electron chi connectivity index (χ2n) is 11.7. The molecule has 0 aliphatic carbocycles. The van der Waals surface area contributed by atoms with Crippen molar-refractivity contribution in [3.8, 4) is 0 Å². The molecule has 0 spiro atoms. The quantitative estimate of drug-likeness (QED) is 0.0888. The van der Waals surface area contributed by atoms with Crippen molar-refractivity contribution in [2.75, 3.05) is 0 Å². The van der Waals surface area contributed by atoms with E-state index in [2.05, 4.69) is 45.4 Å². The average molecular weight is 584 g/mol. The Kier molecular flexibility index (Phi) is 19.7. The minimum Gasteiger partial charge on any atom is -0.0654 e. The van der Waals surface area contributed by atoms with Gasteiger partial charge in [0.2, 0.25) is 0 Å². The number of aryl methyl sites for hydroxylation is 1. The fraction of sp³-hybridized carbons (Fsp3) is 0.871. The molecular formula is C31H60SSn. The van der Waals surface area contributed by atoms with Crippen molar-refractivity contribution < 1.29 is 0 Å². The summed E-state index contributed by atoms with van der Waals surface area (Å²) in [6.45, 7) is 4.62. The summed E-state index contributed by atoms with van der Waals surface area (Å²) >= 11 is 0.148. The summed E-state index contributed by atoms with van der Waals surface area (Å²) in [5, 5.41) is 2.57. The molecule has 0 aliphatic rings. The van der Waals surface area contributed by atoms with E-state index in [4.69, 9.17) is 0 Å². The van der Waals surface area contributed by atoms with Crippen molar-refractivity contribution in [1.29, 1.82) is 0 Å². The van der Waals surface area contributed by atoms with Crippen LogP contribution in [0.15, 0.2) is 5.38 Å². The van der Waals surface area contributed by atoms with Gasteiger partial charge in [-0.2, -0.15) is 0 Å². The standard InChI is InChI=1S/C28H51S.3CH3.Sn/c1-3-5-7-9-11-13-15-17-19-21-23-27-25-29-26-28(27)24-22-20-18-16-14-12-10-8-6-4-2;;;;/h25H,3-24H2,1-2H3;3*1H3;. The Hall–Kier alpha value is 0.499. The molecule has 0 atom stereocenters. The fourth-order valence-corrected chi connectivity index (χ4v) is 13.3. The molecule has 0 radical (unpaired) electrons. The van der Waals surface area contributed by atoms with Crippen LogP contribution >= 0.6 is 11.3 Å². The van der Waals surface area contributed by atoms with Crippen LogP contribution in [-0.4, -0.2) is 18.4 Å². The van der Waals surface area contributed by atoms with Gasteiger partial charge in [-0.15, -0.1) is 0 Å². The molecule has 1 aromatic rings. The SMILES string of the molecule is CCCCCCCCCCCCc1cs[c]([Sn]([CH3])([CH3])[CH3])c1CCCCCCCCCCCC. The predicted molar refractivity (Wildman–Crippen MR) is 158 cm³/mol. The van der Waals surface area contributed by atoms with Crippen LogP contribution in [-0.2, 0) is 12.8 Å². The normalized spacial score (nSPS) is 12.0. The second kappa shape index (κ2) is 20.7. The van der Waals surface area contributed by atoms with E-state index in [9.17, 15) is 0 Å². The molecule has 0 saturated carbocycles. The summed E-state index contributed by atoms with van der Waals surface area (Å²) < 4.78 is 1.88. The molecule has 1 rings (SSSR count). The zero-order valence-electron chi connectivity index (χ0n) is 23.5. The average Bonchev–Trinajstić information content (AvgIpc) is 3.19. The second-order valence-corrected chi connectivity index (χ2v) is 27.9. The topological polar surface area (TPSA) is 0 Å². The first kappa shape index (κ1) is 31.5. The van der Waals surface area contributed by atoms with Crippen molar-refractivity contribution in [2.24, 2.45) is 0 Å². The number of rotatable bonds is 23. The minimum absolute atomic E-state index is 1.35. The van der Waals surface area contributed by atoms with E-state index in [1.165, 1.54) is 141 Å². The molecule has 0 fully saturated rings. The Morgan fingerprint density at radius 1 is 0.515 bits per heavy atom. The predicted octanol–water partition coefficient (Wildman–Crippen LogP) is 11.2. The summed E-state index contributed by atoms with van der Waals surface area (Å²) in [6, 6.07) is 0. The fourth-order valence-electron chi connectivity index (χ4n) is 5.12. The molecule has 194 valence electrons. The molecule has 1 heterocycles. The Bertz CT molecular complexity index is 554. The molecular weight excluding hydrogens is 523 g/mol. The van der Waals surface area contributed by atoms with Crippen molar-refractivity contribution in [2.45, 2.75) is 170 Å². The Morgan fingerprint density at radius 2 is 0.879 bits per heavy atom. The molecule has 0 amide bonds. The molecule has 0 saturated heterocycles. The third kappa shape index (κ3) is 16.0. The molecule has 0 aromatic carbocycles. The van der Waals surface area contributed by atoms with Crippen LogP contribution in [0.3, 0.4) is 0 Å². The van der Waals surface area contributed by atoms with Gasteiger partial charge in [0.1, 0.15) is 0 Å². The van der Waals surface area contributed by atoms with E-state index in [1.807, 2.05) is 8.46 Å². The van der Waals surface area contributed by atoms with Crippen LogP contribution < -0.4 is 2.89 Å². The van der Waals surface area contributed by atoms with Crippen LogP contribution in [0.4, 0.5) is 0 Å². The van der Waals surface area contributed by atoms with Crippen LogP contribution in [0.25, 0.3) is 0 Å². The first-order chi connectivity index (χ1) is 16.0. The molecule has 0 N–H and O–H groups in total. The van der Waals surface area contributed by atoms with E-state index in [0.29, 0.717) is 0 Å². The van der Waals surface area contributed by atoms with Crippen LogP contribution in [0.1, 0.15) is 153 Å². The van der Waals surface area contributed by atoms with Gasteiger partial charge in [-0.3, -0.25) is 0 Å². The molecule has 2 heteroatoms. The van der Waals surface area contributed by atoms with E-state index in [0.717, 1.165) is 0 Å². The Morgan fingerprint density at radius 3 is 1.27 bits per heavy atom. The van der Waals surface area contributed by atoms with Crippen molar-refractivity contribution >= 4 is 32.6 Å². The summed E-state index contributed by atoms with van der Waals surface area (Å²) in [7, 11) is 0. The Balaban J connectivity index is 2.27. The van der Waals surface area contributed by atoms with Crippen LogP contribution in [0.5, 0.6) is 0 Å². The number of thiophene rings is 1. The smallest absolute Gasteiger partial charge is 0.0654 e. The van der Waals surface area contributed by atoms with Gasteiger partial charge in [-0.05, 0) is 0 Å². The van der Waals surface area contributed by atoms with Gasteiger partial charge in [0.25, 0.3) is 0 Å². The molecule has 33 heavy (non-hydrogen) atoms. The molecule has 0 unspecified atom stereocenters. The van der Waals surface area contributed by atoms with Crippen LogP contribution in [0, 0.1) is 0 Å². The zero-order valence-corrected chi connectivity index (χ0v) is 27.2. The first-order valence-corrected chi connectivity index (χ1v) is 26.0. The summed E-state index contributed by atoms with van der Waals surface area (Å²) in [6.07, 6.45) is 31.6. The Labute approximate surface area is 218 Å². The number of unbranched alkanes of at least 4 members (excludes halogenated alkanes) is 18. The van der Waals surface area contributed by atoms with Crippen LogP contribution in [0.2, 0.25) is 14.8 Å². The van der Waals surface area contributed by atoms with Crippen molar-refractivity contribution in [3.05, 3.63) is 16.5 Å². The number of hydrogen-bond donors (Lipinski definition) is 0. The van der Waals surface area contributed by atoms with E-state index >= 15 is 0 Å². The molecule has 1 aromatic heterocycles. The van der Waals surface area contributed by atoms with E-state index < -0.39 is 18.4 Å². The summed E-state index contributed by atoms with van der Waals surface area (Å²) in [5.41, 5.74) is 3.58. The maximum atomic E-state index is 2.62. The molecule has 0 nitrogen and oxygen atoms in total. The molecule has 0 bridgehead atoms. The first-order valence-electron chi connectivity index (χ1n) is 15.1. The number of hydrogen-bond acceptors (Lipinski definition) is 1. The van der Waals surface area contributed by atoms with Gasteiger partial charge in [0, 0.05) is 0 Å². The summed E-state index contributed by atoms with van der Waals surface area (Å²) in [5.74, 6) is 0. The summed E-state index contributed by atoms with van der Waals surface area (Å²) in [4.78, 5) is 7.85. The third-order valence-electron chi connectivity index (χ3n) is 7.24. The van der Waals surface area contributed by atoms with Gasteiger partial charge in [-0.25, -0.2) is 0 Å². The molecule has 0 aliphatic heterocycles. The zero-order chi connectivity index (χ0) is 24.2. The van der Waals surface area contributed by atoms with Gasteiger partial charge >= 0.3 is 186 Å². The minimum atomic E-state index is -1.99. The van der Waals surface area contributed by atoms with Crippen molar-refractivity contribution in [1.82, 2.24) is 0 Å². The van der Waals surface area contributed by atoms with Gasteiger partial charge in [0.05, 0.1) is 0 Å². The van der Waals surface area contributed by atoms with E-state index in [-0.39, 0.29) is 0 Å².